The van der Waals surface area contributed by atoms with Gasteiger partial charge in [-0.15, -0.1) is 0 Å². The van der Waals surface area contributed by atoms with Crippen molar-refractivity contribution in [3.05, 3.63) is 29.8 Å². The fraction of sp³-hybridized carbons (Fsp3) is 0.400. The highest BCUT2D eigenvalue weighted by atomic mass is 19.4. The highest BCUT2D eigenvalue weighted by Crippen LogP contribution is 2.35. The van der Waals surface area contributed by atoms with Gasteiger partial charge in [0, 0.05) is 5.56 Å². The van der Waals surface area contributed by atoms with Crippen LogP contribution in [0.25, 0.3) is 0 Å². The number of ether oxygens (including phenoxy) is 1. The van der Waals surface area contributed by atoms with Crippen LogP contribution in [0.5, 0.6) is 5.75 Å². The lowest BCUT2D eigenvalue weighted by Crippen LogP contribution is -2.28. The van der Waals surface area contributed by atoms with Crippen LogP contribution >= 0.6 is 0 Å². The molecule has 0 bridgehead atoms. The Labute approximate surface area is 85.8 Å². The lowest BCUT2D eigenvalue weighted by molar-refractivity contribution is -0.149. The van der Waals surface area contributed by atoms with Crippen LogP contribution in [0.15, 0.2) is 24.3 Å². The fourth-order valence-corrected chi connectivity index (χ4v) is 1.20. The minimum Gasteiger partial charge on any atom is -0.494 e. The van der Waals surface area contributed by atoms with Crippen LogP contribution in [0.2, 0.25) is 0 Å². The van der Waals surface area contributed by atoms with E-state index < -0.39 is 12.2 Å². The van der Waals surface area contributed by atoms with Crippen molar-refractivity contribution in [3.8, 4) is 5.75 Å². The molecule has 0 radical (unpaired) electrons. The van der Waals surface area contributed by atoms with Gasteiger partial charge in [0.05, 0.1) is 6.61 Å². The summed E-state index contributed by atoms with van der Waals surface area (Å²) >= 11 is 0. The van der Waals surface area contributed by atoms with Crippen LogP contribution in [-0.4, -0.2) is 12.8 Å². The van der Waals surface area contributed by atoms with Crippen LogP contribution in [-0.2, 0) is 0 Å². The lowest BCUT2D eigenvalue weighted by atomic mass is 10.1. The van der Waals surface area contributed by atoms with Gasteiger partial charge in [-0.1, -0.05) is 18.2 Å². The molecule has 0 spiro atoms. The smallest absolute Gasteiger partial charge is 0.407 e. The molecule has 0 aliphatic rings. The summed E-state index contributed by atoms with van der Waals surface area (Å²) in [7, 11) is 0. The Balaban J connectivity index is 3.02. The number of alkyl halides is 3. The molecule has 0 heterocycles. The largest absolute Gasteiger partial charge is 0.494 e. The van der Waals surface area contributed by atoms with Gasteiger partial charge in [-0.25, -0.2) is 0 Å². The minimum atomic E-state index is -4.45. The van der Waals surface area contributed by atoms with E-state index in [2.05, 4.69) is 0 Å². The van der Waals surface area contributed by atoms with E-state index in [9.17, 15) is 13.2 Å². The molecule has 1 atom stereocenters. The molecule has 0 fully saturated rings. The topological polar surface area (TPSA) is 35.2 Å². The molecule has 1 rings (SSSR count). The van der Waals surface area contributed by atoms with Crippen molar-refractivity contribution < 1.29 is 17.9 Å². The summed E-state index contributed by atoms with van der Waals surface area (Å²) in [6.07, 6.45) is -4.45. The molecule has 84 valence electrons. The number of halogens is 3. The zero-order valence-corrected chi connectivity index (χ0v) is 8.21. The summed E-state index contributed by atoms with van der Waals surface area (Å²) in [5, 5.41) is 0. The van der Waals surface area contributed by atoms with Gasteiger partial charge in [0.25, 0.3) is 0 Å². The average molecular weight is 219 g/mol. The highest BCUT2D eigenvalue weighted by Gasteiger charge is 2.39. The van der Waals surface area contributed by atoms with E-state index in [0.717, 1.165) is 0 Å². The van der Waals surface area contributed by atoms with Gasteiger partial charge in [0.15, 0.2) is 0 Å². The lowest BCUT2D eigenvalue weighted by Gasteiger charge is -2.18. The van der Waals surface area contributed by atoms with Gasteiger partial charge in [0.2, 0.25) is 0 Å². The van der Waals surface area contributed by atoms with Crippen molar-refractivity contribution >= 4 is 0 Å². The second-order valence-electron chi connectivity index (χ2n) is 2.99. The Kier molecular flexibility index (Phi) is 3.57. The summed E-state index contributed by atoms with van der Waals surface area (Å²) in [5.41, 5.74) is 5.06. The molecule has 0 saturated carbocycles. The third kappa shape index (κ3) is 2.86. The molecule has 0 amide bonds. The molecule has 0 unspecified atom stereocenters. The van der Waals surface area contributed by atoms with Crippen molar-refractivity contribution in [2.24, 2.45) is 5.73 Å². The molecule has 1 aromatic carbocycles. The van der Waals surface area contributed by atoms with Crippen LogP contribution in [0.3, 0.4) is 0 Å². The number of benzene rings is 1. The van der Waals surface area contributed by atoms with Gasteiger partial charge in [0.1, 0.15) is 11.8 Å². The van der Waals surface area contributed by atoms with Crippen molar-refractivity contribution in [3.63, 3.8) is 0 Å². The van der Waals surface area contributed by atoms with Gasteiger partial charge in [-0.2, -0.15) is 13.2 Å². The fourth-order valence-electron chi connectivity index (χ4n) is 1.20. The van der Waals surface area contributed by atoms with Crippen molar-refractivity contribution in [1.29, 1.82) is 0 Å². The maximum Gasteiger partial charge on any atom is 0.407 e. The molecule has 0 aliphatic carbocycles. The van der Waals surface area contributed by atoms with E-state index in [1.54, 1.807) is 13.0 Å². The minimum absolute atomic E-state index is 0.0353. The van der Waals surface area contributed by atoms with E-state index in [1.165, 1.54) is 18.2 Å². The van der Waals surface area contributed by atoms with Crippen molar-refractivity contribution in [1.82, 2.24) is 0 Å². The van der Waals surface area contributed by atoms with Gasteiger partial charge in [-0.05, 0) is 13.0 Å². The third-order valence-electron chi connectivity index (χ3n) is 1.91. The van der Waals surface area contributed by atoms with E-state index in [4.69, 9.17) is 10.5 Å². The van der Waals surface area contributed by atoms with Gasteiger partial charge < -0.3 is 10.5 Å². The first-order valence-electron chi connectivity index (χ1n) is 4.50. The molecule has 0 aliphatic heterocycles. The summed E-state index contributed by atoms with van der Waals surface area (Å²) in [6.45, 7) is 2.01. The summed E-state index contributed by atoms with van der Waals surface area (Å²) in [4.78, 5) is 0. The molecular weight excluding hydrogens is 207 g/mol. The summed E-state index contributed by atoms with van der Waals surface area (Å²) < 4.78 is 42.2. The zero-order chi connectivity index (χ0) is 11.5. The number of para-hydroxylation sites is 1. The van der Waals surface area contributed by atoms with Crippen molar-refractivity contribution in [2.75, 3.05) is 6.61 Å². The first-order valence-corrected chi connectivity index (χ1v) is 4.50. The predicted octanol–water partition coefficient (Wildman–Crippen LogP) is 2.65. The zero-order valence-electron chi connectivity index (χ0n) is 8.21. The van der Waals surface area contributed by atoms with E-state index in [-0.39, 0.29) is 11.3 Å². The van der Waals surface area contributed by atoms with Crippen LogP contribution in [0.4, 0.5) is 13.2 Å². The molecular formula is C10H12F3NO. The van der Waals surface area contributed by atoms with Crippen LogP contribution in [0.1, 0.15) is 18.5 Å². The highest BCUT2D eigenvalue weighted by molar-refractivity contribution is 5.36. The first kappa shape index (κ1) is 11.8. The monoisotopic (exact) mass is 219 g/mol. The summed E-state index contributed by atoms with van der Waals surface area (Å²) in [6, 6.07) is 3.91. The summed E-state index contributed by atoms with van der Waals surface area (Å²) in [5.74, 6) is 0.185. The van der Waals surface area contributed by atoms with Crippen LogP contribution < -0.4 is 10.5 Å². The van der Waals surface area contributed by atoms with E-state index >= 15 is 0 Å². The van der Waals surface area contributed by atoms with E-state index in [0.29, 0.717) is 6.61 Å². The maximum absolute atomic E-state index is 12.4. The second kappa shape index (κ2) is 4.53. The van der Waals surface area contributed by atoms with Gasteiger partial charge >= 0.3 is 6.18 Å². The molecule has 2 N–H and O–H groups in total. The Hall–Kier alpha value is -1.23. The standard InChI is InChI=1S/C10H12F3NO/c1-2-15-8-6-4-3-5-7(8)9(14)10(11,12)13/h3-6,9H,2,14H2,1H3/t9-/m0/s1. The Morgan fingerprint density at radius 1 is 1.33 bits per heavy atom. The normalized spacial score (nSPS) is 13.7. The van der Waals surface area contributed by atoms with Crippen molar-refractivity contribution in [2.45, 2.75) is 19.1 Å². The Bertz CT molecular complexity index is 325. The SMILES string of the molecule is CCOc1ccccc1[C@H](N)C(F)(F)F. The Morgan fingerprint density at radius 2 is 1.93 bits per heavy atom. The van der Waals surface area contributed by atoms with E-state index in [1.807, 2.05) is 0 Å². The Morgan fingerprint density at radius 3 is 2.47 bits per heavy atom. The second-order valence-corrected chi connectivity index (χ2v) is 2.99. The van der Waals surface area contributed by atoms with Gasteiger partial charge in [-0.3, -0.25) is 0 Å². The number of nitrogens with two attached hydrogens (primary N) is 1. The third-order valence-corrected chi connectivity index (χ3v) is 1.91. The molecule has 1 aromatic rings. The average Bonchev–Trinajstić information content (AvgIpc) is 2.17. The molecule has 15 heavy (non-hydrogen) atoms. The maximum atomic E-state index is 12.4. The molecule has 0 saturated heterocycles. The van der Waals surface area contributed by atoms with Crippen LogP contribution in [0, 0.1) is 0 Å². The molecule has 0 aromatic heterocycles. The predicted molar refractivity (Wildman–Crippen MR) is 50.6 cm³/mol. The molecule has 5 heteroatoms. The number of hydrogen-bond donors (Lipinski definition) is 1. The number of hydrogen-bond acceptors (Lipinski definition) is 2. The quantitative estimate of drug-likeness (QED) is 0.848. The number of rotatable bonds is 3. The first-order chi connectivity index (χ1) is 6.96. The molecule has 2 nitrogen and oxygen atoms in total.